The van der Waals surface area contributed by atoms with Gasteiger partial charge in [-0.2, -0.15) is 0 Å². The zero-order valence-corrected chi connectivity index (χ0v) is 11.7. The second kappa shape index (κ2) is 7.39. The fraction of sp³-hybridized carbons (Fsp3) is 0.636. The highest BCUT2D eigenvalue weighted by atomic mass is 79.9. The monoisotopic (exact) mass is 291 g/mol. The van der Waals surface area contributed by atoms with Crippen molar-refractivity contribution in [3.05, 3.63) is 20.8 Å². The molecule has 0 bridgehead atoms. The Hall–Kier alpha value is 0.100. The van der Waals surface area contributed by atoms with E-state index in [9.17, 15) is 0 Å². The van der Waals surface area contributed by atoms with E-state index in [1.54, 1.807) is 11.3 Å². The molecule has 0 radical (unpaired) electrons. The summed E-state index contributed by atoms with van der Waals surface area (Å²) in [5, 5.41) is 5.61. The van der Waals surface area contributed by atoms with Crippen LogP contribution in [0.1, 0.15) is 31.9 Å². The smallest absolute Gasteiger partial charge is 0.0701 e. The highest BCUT2D eigenvalue weighted by Crippen LogP contribution is 2.25. The van der Waals surface area contributed by atoms with Crippen molar-refractivity contribution in [1.82, 2.24) is 5.32 Å². The van der Waals surface area contributed by atoms with Gasteiger partial charge in [-0.1, -0.05) is 13.8 Å². The molecule has 0 saturated heterocycles. The standard InChI is InChI=1S/C11H18BrNOS/c1-3-5-14-7-10(13-4-2)9-6-11(12)15-8-9/h6,8,10,13H,3-5,7H2,1-2H3. The normalized spacial score (nSPS) is 13.0. The van der Waals surface area contributed by atoms with Gasteiger partial charge in [-0.15, -0.1) is 11.3 Å². The Morgan fingerprint density at radius 1 is 1.53 bits per heavy atom. The Bertz CT molecular complexity index is 277. The van der Waals surface area contributed by atoms with Crippen LogP contribution >= 0.6 is 27.3 Å². The van der Waals surface area contributed by atoms with Gasteiger partial charge < -0.3 is 10.1 Å². The number of halogens is 1. The number of likely N-dealkylation sites (N-methyl/N-ethyl adjacent to an activating group) is 1. The molecule has 0 spiro atoms. The van der Waals surface area contributed by atoms with Crippen LogP contribution in [-0.4, -0.2) is 19.8 Å². The van der Waals surface area contributed by atoms with Crippen LogP contribution in [0.25, 0.3) is 0 Å². The van der Waals surface area contributed by atoms with Crippen LogP contribution < -0.4 is 5.32 Å². The minimum absolute atomic E-state index is 0.323. The van der Waals surface area contributed by atoms with Gasteiger partial charge in [0, 0.05) is 6.61 Å². The molecule has 86 valence electrons. The molecule has 1 aromatic heterocycles. The lowest BCUT2D eigenvalue weighted by Crippen LogP contribution is -2.25. The van der Waals surface area contributed by atoms with Crippen LogP contribution in [0.3, 0.4) is 0 Å². The first-order valence-electron chi connectivity index (χ1n) is 5.33. The van der Waals surface area contributed by atoms with Crippen molar-refractivity contribution < 1.29 is 4.74 Å². The molecule has 0 saturated carbocycles. The van der Waals surface area contributed by atoms with Gasteiger partial charge in [0.05, 0.1) is 16.4 Å². The fourth-order valence-electron chi connectivity index (χ4n) is 1.37. The van der Waals surface area contributed by atoms with Crippen molar-refractivity contribution in [3.63, 3.8) is 0 Å². The fourth-order valence-corrected chi connectivity index (χ4v) is 2.60. The van der Waals surface area contributed by atoms with E-state index in [1.807, 2.05) is 0 Å². The summed E-state index contributed by atoms with van der Waals surface area (Å²) in [4.78, 5) is 0. The third-order valence-electron chi connectivity index (χ3n) is 2.07. The van der Waals surface area contributed by atoms with E-state index in [4.69, 9.17) is 4.74 Å². The van der Waals surface area contributed by atoms with E-state index in [0.717, 1.165) is 26.2 Å². The number of rotatable bonds is 7. The molecule has 0 aliphatic carbocycles. The third kappa shape index (κ3) is 4.64. The van der Waals surface area contributed by atoms with Crippen LogP contribution in [0.15, 0.2) is 15.2 Å². The molecule has 1 unspecified atom stereocenters. The molecular formula is C11H18BrNOS. The van der Waals surface area contributed by atoms with Gasteiger partial charge in [0.2, 0.25) is 0 Å². The second-order valence-corrected chi connectivity index (χ2v) is 5.66. The maximum atomic E-state index is 5.59. The zero-order valence-electron chi connectivity index (χ0n) is 9.25. The van der Waals surface area contributed by atoms with Gasteiger partial charge in [-0.25, -0.2) is 0 Å². The molecule has 0 aliphatic rings. The number of thiophene rings is 1. The Morgan fingerprint density at radius 3 is 2.87 bits per heavy atom. The van der Waals surface area contributed by atoms with Crippen molar-refractivity contribution in [2.75, 3.05) is 19.8 Å². The summed E-state index contributed by atoms with van der Waals surface area (Å²) in [6, 6.07) is 2.48. The van der Waals surface area contributed by atoms with Crippen LogP contribution in [0.2, 0.25) is 0 Å². The molecule has 1 aromatic rings. The van der Waals surface area contributed by atoms with Crippen LogP contribution in [0.4, 0.5) is 0 Å². The molecule has 0 aromatic carbocycles. The van der Waals surface area contributed by atoms with Crippen LogP contribution in [0.5, 0.6) is 0 Å². The Morgan fingerprint density at radius 2 is 2.33 bits per heavy atom. The van der Waals surface area contributed by atoms with Crippen molar-refractivity contribution in [1.29, 1.82) is 0 Å². The lowest BCUT2D eigenvalue weighted by atomic mass is 10.1. The lowest BCUT2D eigenvalue weighted by molar-refractivity contribution is 0.112. The van der Waals surface area contributed by atoms with Gasteiger partial charge in [-0.3, -0.25) is 0 Å². The topological polar surface area (TPSA) is 21.3 Å². The van der Waals surface area contributed by atoms with Gasteiger partial charge >= 0.3 is 0 Å². The minimum Gasteiger partial charge on any atom is -0.379 e. The zero-order chi connectivity index (χ0) is 11.1. The molecule has 15 heavy (non-hydrogen) atoms. The number of nitrogens with one attached hydrogen (secondary N) is 1. The Labute approximate surface area is 104 Å². The first-order chi connectivity index (χ1) is 7.27. The molecule has 0 aliphatic heterocycles. The molecule has 1 N–H and O–H groups in total. The molecule has 1 heterocycles. The molecule has 0 amide bonds. The average molecular weight is 292 g/mol. The van der Waals surface area contributed by atoms with E-state index >= 15 is 0 Å². The summed E-state index contributed by atoms with van der Waals surface area (Å²) in [7, 11) is 0. The quantitative estimate of drug-likeness (QED) is 0.775. The molecule has 1 rings (SSSR count). The van der Waals surface area contributed by atoms with Gasteiger partial charge in [0.25, 0.3) is 0 Å². The highest BCUT2D eigenvalue weighted by Gasteiger charge is 2.11. The van der Waals surface area contributed by atoms with E-state index in [-0.39, 0.29) is 0 Å². The summed E-state index contributed by atoms with van der Waals surface area (Å²) < 4.78 is 6.76. The summed E-state index contributed by atoms with van der Waals surface area (Å²) in [5.41, 5.74) is 1.31. The maximum Gasteiger partial charge on any atom is 0.0701 e. The average Bonchev–Trinajstić information content (AvgIpc) is 2.64. The SMILES string of the molecule is CCCOCC(NCC)c1csc(Br)c1. The Balaban J connectivity index is 2.49. The summed E-state index contributed by atoms with van der Waals surface area (Å²) in [5.74, 6) is 0. The summed E-state index contributed by atoms with van der Waals surface area (Å²) in [6.45, 7) is 6.81. The van der Waals surface area contributed by atoms with E-state index in [2.05, 4.69) is 46.5 Å². The van der Waals surface area contributed by atoms with E-state index < -0.39 is 0 Å². The number of ether oxygens (including phenoxy) is 1. The van der Waals surface area contributed by atoms with Gasteiger partial charge in [-0.05, 0) is 45.9 Å². The minimum atomic E-state index is 0.323. The van der Waals surface area contributed by atoms with Crippen LogP contribution in [-0.2, 0) is 4.74 Å². The molecule has 2 nitrogen and oxygen atoms in total. The van der Waals surface area contributed by atoms with Crippen molar-refractivity contribution in [2.45, 2.75) is 26.3 Å². The van der Waals surface area contributed by atoms with E-state index in [1.165, 1.54) is 9.35 Å². The second-order valence-electron chi connectivity index (χ2n) is 3.37. The first kappa shape index (κ1) is 13.2. The first-order valence-corrected chi connectivity index (χ1v) is 7.00. The third-order valence-corrected chi connectivity index (χ3v) is 3.60. The van der Waals surface area contributed by atoms with Gasteiger partial charge in [0.15, 0.2) is 0 Å². The van der Waals surface area contributed by atoms with Crippen molar-refractivity contribution in [2.24, 2.45) is 0 Å². The molecule has 0 fully saturated rings. The molecule has 4 heteroatoms. The summed E-state index contributed by atoms with van der Waals surface area (Å²) >= 11 is 5.20. The predicted octanol–water partition coefficient (Wildman–Crippen LogP) is 3.59. The van der Waals surface area contributed by atoms with Crippen molar-refractivity contribution in [3.8, 4) is 0 Å². The predicted molar refractivity (Wildman–Crippen MR) is 69.5 cm³/mol. The highest BCUT2D eigenvalue weighted by molar-refractivity contribution is 9.11. The van der Waals surface area contributed by atoms with E-state index in [0.29, 0.717) is 6.04 Å². The summed E-state index contributed by atoms with van der Waals surface area (Å²) in [6.07, 6.45) is 1.08. The lowest BCUT2D eigenvalue weighted by Gasteiger charge is -2.16. The largest absolute Gasteiger partial charge is 0.379 e. The molecular weight excluding hydrogens is 274 g/mol. The van der Waals surface area contributed by atoms with Crippen LogP contribution in [0, 0.1) is 0 Å². The van der Waals surface area contributed by atoms with Gasteiger partial charge in [0.1, 0.15) is 0 Å². The Kier molecular flexibility index (Phi) is 6.48. The maximum absolute atomic E-state index is 5.59. The van der Waals surface area contributed by atoms with Crippen molar-refractivity contribution >= 4 is 27.3 Å². The molecule has 1 atom stereocenters. The number of hydrogen-bond acceptors (Lipinski definition) is 3. The number of hydrogen-bond donors (Lipinski definition) is 1.